The molecule has 2 rings (SSSR count). The molecule has 1 heterocycles. The zero-order valence-corrected chi connectivity index (χ0v) is 10.1. The van der Waals surface area contributed by atoms with Crippen LogP contribution in [-0.4, -0.2) is 24.1 Å². The number of rotatable bonds is 3. The van der Waals surface area contributed by atoms with Crippen molar-refractivity contribution in [3.05, 3.63) is 33.6 Å². The molecule has 1 unspecified atom stereocenters. The molecular formula is C12H15FN2O3. The lowest BCUT2D eigenvalue weighted by Crippen LogP contribution is -2.37. The maximum atomic E-state index is 13.7. The zero-order valence-electron chi connectivity index (χ0n) is 10.1. The second-order valence-corrected chi connectivity index (χ2v) is 4.41. The van der Waals surface area contributed by atoms with Crippen LogP contribution < -0.4 is 10.1 Å². The monoisotopic (exact) mass is 254 g/mol. The lowest BCUT2D eigenvalue weighted by molar-refractivity contribution is -0.385. The number of nitro benzene ring substituents is 1. The van der Waals surface area contributed by atoms with E-state index in [2.05, 4.69) is 5.32 Å². The summed E-state index contributed by atoms with van der Waals surface area (Å²) in [5, 5.41) is 13.8. The maximum Gasteiger partial charge on any atom is 0.275 e. The number of piperidine rings is 1. The molecule has 1 aliphatic rings. The Labute approximate surface area is 104 Å². The molecule has 5 nitrogen and oxygen atoms in total. The average molecular weight is 254 g/mol. The van der Waals surface area contributed by atoms with Gasteiger partial charge in [0.15, 0.2) is 11.6 Å². The Morgan fingerprint density at radius 1 is 1.56 bits per heavy atom. The van der Waals surface area contributed by atoms with Crippen LogP contribution in [0.1, 0.15) is 18.4 Å². The highest BCUT2D eigenvalue weighted by molar-refractivity contribution is 5.45. The van der Waals surface area contributed by atoms with Crippen molar-refractivity contribution in [3.63, 3.8) is 0 Å². The Morgan fingerprint density at radius 2 is 2.33 bits per heavy atom. The van der Waals surface area contributed by atoms with Crippen LogP contribution in [0.15, 0.2) is 12.1 Å². The van der Waals surface area contributed by atoms with E-state index in [-0.39, 0.29) is 17.5 Å². The summed E-state index contributed by atoms with van der Waals surface area (Å²) < 4.78 is 19.2. The third-order valence-corrected chi connectivity index (χ3v) is 2.99. The summed E-state index contributed by atoms with van der Waals surface area (Å²) in [6, 6.07) is 2.31. The molecule has 0 bridgehead atoms. The Balaban J connectivity index is 2.18. The van der Waals surface area contributed by atoms with Crippen molar-refractivity contribution >= 4 is 5.69 Å². The predicted octanol–water partition coefficient (Wildman–Crippen LogP) is 2.17. The summed E-state index contributed by atoms with van der Waals surface area (Å²) in [4.78, 5) is 10.1. The number of ether oxygens (including phenoxy) is 1. The Morgan fingerprint density at radius 3 is 2.94 bits per heavy atom. The molecule has 6 heteroatoms. The largest absolute Gasteiger partial charge is 0.486 e. The summed E-state index contributed by atoms with van der Waals surface area (Å²) in [5.41, 5.74) is 0.182. The summed E-state index contributed by atoms with van der Waals surface area (Å²) in [5.74, 6) is -0.593. The summed E-state index contributed by atoms with van der Waals surface area (Å²) in [7, 11) is 0. The molecule has 0 aromatic heterocycles. The second kappa shape index (κ2) is 5.30. The standard InChI is InChI=1S/C12H15FN2O3/c1-8-5-12(10(13)6-11(8)15(16)17)18-9-3-2-4-14-7-9/h5-6,9,14H,2-4,7H2,1H3. The van der Waals surface area contributed by atoms with Crippen molar-refractivity contribution < 1.29 is 14.1 Å². The van der Waals surface area contributed by atoms with Gasteiger partial charge in [-0.3, -0.25) is 10.1 Å². The van der Waals surface area contributed by atoms with E-state index in [1.165, 1.54) is 6.07 Å². The van der Waals surface area contributed by atoms with E-state index in [0.29, 0.717) is 12.1 Å². The van der Waals surface area contributed by atoms with Crippen molar-refractivity contribution in [2.45, 2.75) is 25.9 Å². The Kier molecular flexibility index (Phi) is 3.76. The van der Waals surface area contributed by atoms with Crippen LogP contribution in [0.3, 0.4) is 0 Å². The number of aryl methyl sites for hydroxylation is 1. The highest BCUT2D eigenvalue weighted by Crippen LogP contribution is 2.28. The first-order chi connectivity index (χ1) is 8.58. The molecule has 1 saturated heterocycles. The lowest BCUT2D eigenvalue weighted by Gasteiger charge is -2.24. The van der Waals surface area contributed by atoms with Gasteiger partial charge >= 0.3 is 0 Å². The van der Waals surface area contributed by atoms with Crippen LogP contribution in [0.2, 0.25) is 0 Å². The molecule has 0 aliphatic carbocycles. The van der Waals surface area contributed by atoms with Gasteiger partial charge in [-0.15, -0.1) is 0 Å². The van der Waals surface area contributed by atoms with E-state index < -0.39 is 10.7 Å². The molecule has 1 N–H and O–H groups in total. The Hall–Kier alpha value is -1.69. The van der Waals surface area contributed by atoms with Gasteiger partial charge in [0.05, 0.1) is 11.0 Å². The SMILES string of the molecule is Cc1cc(OC2CCCNC2)c(F)cc1[N+](=O)[O-]. The van der Waals surface area contributed by atoms with E-state index in [1.54, 1.807) is 6.92 Å². The second-order valence-electron chi connectivity index (χ2n) is 4.41. The number of hydrogen-bond acceptors (Lipinski definition) is 4. The van der Waals surface area contributed by atoms with E-state index in [0.717, 1.165) is 25.5 Å². The summed E-state index contributed by atoms with van der Waals surface area (Å²) in [6.07, 6.45) is 1.77. The van der Waals surface area contributed by atoms with Crippen LogP contribution in [0.5, 0.6) is 5.75 Å². The van der Waals surface area contributed by atoms with Crippen molar-refractivity contribution in [2.24, 2.45) is 0 Å². The minimum absolute atomic E-state index is 0.0749. The third kappa shape index (κ3) is 2.76. The molecule has 1 aromatic rings. The van der Waals surface area contributed by atoms with Gasteiger partial charge in [-0.25, -0.2) is 4.39 Å². The minimum atomic E-state index is -0.683. The molecule has 1 aliphatic heterocycles. The molecule has 0 saturated carbocycles. The summed E-state index contributed by atoms with van der Waals surface area (Å²) >= 11 is 0. The number of nitrogens with one attached hydrogen (secondary N) is 1. The molecule has 1 aromatic carbocycles. The Bertz CT molecular complexity index is 459. The molecule has 1 fully saturated rings. The first-order valence-electron chi connectivity index (χ1n) is 5.90. The first-order valence-corrected chi connectivity index (χ1v) is 5.90. The molecule has 0 spiro atoms. The fourth-order valence-electron chi connectivity index (χ4n) is 2.03. The van der Waals surface area contributed by atoms with Gasteiger partial charge in [-0.1, -0.05) is 0 Å². The van der Waals surface area contributed by atoms with Gasteiger partial charge in [0, 0.05) is 12.1 Å². The van der Waals surface area contributed by atoms with Crippen LogP contribution in [0, 0.1) is 22.9 Å². The zero-order chi connectivity index (χ0) is 13.1. The lowest BCUT2D eigenvalue weighted by atomic mass is 10.1. The number of halogens is 1. The van der Waals surface area contributed by atoms with E-state index >= 15 is 0 Å². The van der Waals surface area contributed by atoms with Gasteiger partial charge in [0.1, 0.15) is 6.10 Å². The van der Waals surface area contributed by atoms with Crippen molar-refractivity contribution in [2.75, 3.05) is 13.1 Å². The van der Waals surface area contributed by atoms with Crippen LogP contribution >= 0.6 is 0 Å². The van der Waals surface area contributed by atoms with Gasteiger partial charge < -0.3 is 10.1 Å². The number of nitrogens with zero attached hydrogens (tertiary/aromatic N) is 1. The van der Waals surface area contributed by atoms with Gasteiger partial charge in [0.25, 0.3) is 5.69 Å². The third-order valence-electron chi connectivity index (χ3n) is 2.99. The molecule has 0 radical (unpaired) electrons. The van der Waals surface area contributed by atoms with Gasteiger partial charge in [-0.2, -0.15) is 0 Å². The molecule has 0 amide bonds. The summed E-state index contributed by atoms with van der Waals surface area (Å²) in [6.45, 7) is 3.20. The predicted molar refractivity (Wildman–Crippen MR) is 64.3 cm³/mol. The fourth-order valence-corrected chi connectivity index (χ4v) is 2.03. The van der Waals surface area contributed by atoms with Crippen molar-refractivity contribution in [3.8, 4) is 5.75 Å². The highest BCUT2D eigenvalue weighted by Gasteiger charge is 2.20. The van der Waals surface area contributed by atoms with Crippen LogP contribution in [-0.2, 0) is 0 Å². The molecule has 18 heavy (non-hydrogen) atoms. The topological polar surface area (TPSA) is 64.4 Å². The van der Waals surface area contributed by atoms with Gasteiger partial charge in [-0.05, 0) is 32.4 Å². The van der Waals surface area contributed by atoms with E-state index in [1.807, 2.05) is 0 Å². The normalized spacial score (nSPS) is 19.6. The quantitative estimate of drug-likeness (QED) is 0.663. The van der Waals surface area contributed by atoms with E-state index in [4.69, 9.17) is 4.74 Å². The van der Waals surface area contributed by atoms with Crippen molar-refractivity contribution in [1.82, 2.24) is 5.32 Å². The number of hydrogen-bond donors (Lipinski definition) is 1. The van der Waals surface area contributed by atoms with Crippen LogP contribution in [0.25, 0.3) is 0 Å². The average Bonchev–Trinajstić information content (AvgIpc) is 2.34. The van der Waals surface area contributed by atoms with Crippen LogP contribution in [0.4, 0.5) is 10.1 Å². The smallest absolute Gasteiger partial charge is 0.275 e. The van der Waals surface area contributed by atoms with Crippen molar-refractivity contribution in [1.29, 1.82) is 0 Å². The number of nitro groups is 1. The minimum Gasteiger partial charge on any atom is -0.486 e. The highest BCUT2D eigenvalue weighted by atomic mass is 19.1. The molecule has 1 atom stereocenters. The fraction of sp³-hybridized carbons (Fsp3) is 0.500. The first kappa shape index (κ1) is 12.8. The molecule has 98 valence electrons. The van der Waals surface area contributed by atoms with Gasteiger partial charge in [0.2, 0.25) is 0 Å². The number of benzene rings is 1. The molecular weight excluding hydrogens is 239 g/mol. The van der Waals surface area contributed by atoms with E-state index in [9.17, 15) is 14.5 Å². The maximum absolute atomic E-state index is 13.7.